The molecule has 0 saturated carbocycles. The maximum Gasteiger partial charge on any atom is 0.137 e. The van der Waals surface area contributed by atoms with Crippen LogP contribution in [-0.2, 0) is 0 Å². The normalized spacial score (nSPS) is 10.5. The van der Waals surface area contributed by atoms with Gasteiger partial charge in [-0.2, -0.15) is 0 Å². The van der Waals surface area contributed by atoms with Gasteiger partial charge >= 0.3 is 0 Å². The van der Waals surface area contributed by atoms with Gasteiger partial charge in [-0.25, -0.2) is 0 Å². The van der Waals surface area contributed by atoms with Crippen LogP contribution in [0.5, 0.6) is 5.75 Å². The highest BCUT2D eigenvalue weighted by Gasteiger charge is 2.04. The molecule has 0 unspecified atom stereocenters. The molecule has 0 aliphatic heterocycles. The molecule has 3 aromatic carbocycles. The van der Waals surface area contributed by atoms with Crippen molar-refractivity contribution in [3.05, 3.63) is 65.7 Å². The number of ether oxygens (including phenoxy) is 1. The van der Waals surface area contributed by atoms with Gasteiger partial charge in [-0.15, -0.1) is 0 Å². The average molecular weight is 284 g/mol. The summed E-state index contributed by atoms with van der Waals surface area (Å²) in [5.74, 6) is 0.676. The minimum Gasteiger partial charge on any atom is -0.495 e. The summed E-state index contributed by atoms with van der Waals surface area (Å²) in [7, 11) is 1.61. The van der Waals surface area contributed by atoms with E-state index in [1.807, 2.05) is 36.4 Å². The summed E-state index contributed by atoms with van der Waals surface area (Å²) in [6.45, 7) is 0. The summed E-state index contributed by atoms with van der Waals surface area (Å²) >= 11 is 6.15. The highest BCUT2D eigenvalue weighted by Crippen LogP contribution is 2.31. The highest BCUT2D eigenvalue weighted by molar-refractivity contribution is 6.32. The van der Waals surface area contributed by atoms with Crippen molar-refractivity contribution in [3.8, 4) is 5.75 Å². The first kappa shape index (κ1) is 12.8. The fraction of sp³-hybridized carbons (Fsp3) is 0.0588. The molecule has 0 fully saturated rings. The van der Waals surface area contributed by atoms with Gasteiger partial charge in [-0.1, -0.05) is 48.0 Å². The molecular formula is C17H14ClNO. The van der Waals surface area contributed by atoms with Crippen molar-refractivity contribution < 1.29 is 4.74 Å². The molecule has 20 heavy (non-hydrogen) atoms. The van der Waals surface area contributed by atoms with Crippen LogP contribution in [0.4, 0.5) is 11.4 Å². The van der Waals surface area contributed by atoms with Gasteiger partial charge in [-0.05, 0) is 29.7 Å². The number of fused-ring (bicyclic) bond motifs is 1. The Bertz CT molecular complexity index is 750. The zero-order valence-corrected chi connectivity index (χ0v) is 11.8. The van der Waals surface area contributed by atoms with Crippen LogP contribution in [0.15, 0.2) is 60.7 Å². The zero-order valence-electron chi connectivity index (χ0n) is 11.1. The van der Waals surface area contributed by atoms with Crippen LogP contribution >= 0.6 is 11.6 Å². The lowest BCUT2D eigenvalue weighted by atomic mass is 10.1. The third-order valence-corrected chi connectivity index (χ3v) is 3.52. The van der Waals surface area contributed by atoms with Crippen LogP contribution in [0.2, 0.25) is 5.02 Å². The Hall–Kier alpha value is -2.19. The highest BCUT2D eigenvalue weighted by atomic mass is 35.5. The van der Waals surface area contributed by atoms with Crippen molar-refractivity contribution in [2.45, 2.75) is 0 Å². The maximum atomic E-state index is 6.15. The van der Waals surface area contributed by atoms with Crippen LogP contribution < -0.4 is 10.1 Å². The second-order valence-corrected chi connectivity index (χ2v) is 4.91. The summed E-state index contributed by atoms with van der Waals surface area (Å²) in [4.78, 5) is 0. The molecule has 0 spiro atoms. The largest absolute Gasteiger partial charge is 0.495 e. The predicted octanol–water partition coefficient (Wildman–Crippen LogP) is 5.25. The first-order valence-corrected chi connectivity index (χ1v) is 6.74. The standard InChI is InChI=1S/C17H14ClNO/c1-20-17-10-9-13(11-15(17)18)19-16-8-4-6-12-5-2-3-7-14(12)16/h2-11,19H,1H3. The number of halogens is 1. The van der Waals surface area contributed by atoms with Crippen LogP contribution in [0.3, 0.4) is 0 Å². The van der Waals surface area contributed by atoms with Crippen molar-refractivity contribution in [2.75, 3.05) is 12.4 Å². The summed E-state index contributed by atoms with van der Waals surface area (Å²) in [6.07, 6.45) is 0. The predicted molar refractivity (Wildman–Crippen MR) is 85.2 cm³/mol. The van der Waals surface area contributed by atoms with Gasteiger partial charge in [-0.3, -0.25) is 0 Å². The Morgan fingerprint density at radius 3 is 2.55 bits per heavy atom. The van der Waals surface area contributed by atoms with E-state index in [2.05, 4.69) is 29.6 Å². The van der Waals surface area contributed by atoms with Crippen molar-refractivity contribution in [1.82, 2.24) is 0 Å². The molecule has 3 rings (SSSR count). The van der Waals surface area contributed by atoms with Gasteiger partial charge in [0.1, 0.15) is 5.75 Å². The van der Waals surface area contributed by atoms with Crippen molar-refractivity contribution in [2.24, 2.45) is 0 Å². The molecule has 0 aliphatic carbocycles. The molecule has 0 atom stereocenters. The molecule has 0 aliphatic rings. The molecule has 0 heterocycles. The van der Waals surface area contributed by atoms with Crippen LogP contribution in [-0.4, -0.2) is 7.11 Å². The lowest BCUT2D eigenvalue weighted by molar-refractivity contribution is 0.415. The monoisotopic (exact) mass is 283 g/mol. The average Bonchev–Trinajstić information content (AvgIpc) is 2.48. The smallest absolute Gasteiger partial charge is 0.137 e. The van der Waals surface area contributed by atoms with Gasteiger partial charge in [0.05, 0.1) is 12.1 Å². The summed E-state index contributed by atoms with van der Waals surface area (Å²) in [6, 6.07) is 20.1. The first-order chi connectivity index (χ1) is 9.78. The molecule has 3 heteroatoms. The Morgan fingerprint density at radius 1 is 0.950 bits per heavy atom. The molecule has 0 saturated heterocycles. The zero-order chi connectivity index (χ0) is 13.9. The number of methoxy groups -OCH3 is 1. The molecule has 0 bridgehead atoms. The quantitative estimate of drug-likeness (QED) is 0.709. The van der Waals surface area contributed by atoms with Crippen molar-refractivity contribution in [1.29, 1.82) is 0 Å². The SMILES string of the molecule is COc1ccc(Nc2cccc3ccccc23)cc1Cl. The topological polar surface area (TPSA) is 21.3 Å². The van der Waals surface area contributed by atoms with E-state index in [0.717, 1.165) is 11.4 Å². The van der Waals surface area contributed by atoms with Crippen molar-refractivity contribution >= 4 is 33.7 Å². The van der Waals surface area contributed by atoms with E-state index >= 15 is 0 Å². The van der Waals surface area contributed by atoms with Gasteiger partial charge in [0.25, 0.3) is 0 Å². The molecule has 1 N–H and O–H groups in total. The van der Waals surface area contributed by atoms with E-state index in [-0.39, 0.29) is 0 Å². The summed E-state index contributed by atoms with van der Waals surface area (Å²) in [5.41, 5.74) is 2.00. The summed E-state index contributed by atoms with van der Waals surface area (Å²) in [5, 5.41) is 6.38. The van der Waals surface area contributed by atoms with E-state index < -0.39 is 0 Å². The number of hydrogen-bond acceptors (Lipinski definition) is 2. The fourth-order valence-electron chi connectivity index (χ4n) is 2.23. The van der Waals surface area contributed by atoms with Gasteiger partial charge < -0.3 is 10.1 Å². The van der Waals surface area contributed by atoms with E-state index in [1.54, 1.807) is 7.11 Å². The Kier molecular flexibility index (Phi) is 3.48. The number of hydrogen-bond donors (Lipinski definition) is 1. The second-order valence-electron chi connectivity index (χ2n) is 4.50. The van der Waals surface area contributed by atoms with E-state index in [1.165, 1.54) is 10.8 Å². The van der Waals surface area contributed by atoms with E-state index in [9.17, 15) is 0 Å². The third kappa shape index (κ3) is 2.43. The lowest BCUT2D eigenvalue weighted by Crippen LogP contribution is -1.92. The van der Waals surface area contributed by atoms with Crippen LogP contribution in [0, 0.1) is 0 Å². The molecule has 2 nitrogen and oxygen atoms in total. The van der Waals surface area contributed by atoms with Crippen LogP contribution in [0.1, 0.15) is 0 Å². The molecule has 3 aromatic rings. The number of nitrogens with one attached hydrogen (secondary N) is 1. The van der Waals surface area contributed by atoms with Gasteiger partial charge in [0.2, 0.25) is 0 Å². The van der Waals surface area contributed by atoms with Gasteiger partial charge in [0.15, 0.2) is 0 Å². The first-order valence-electron chi connectivity index (χ1n) is 6.36. The lowest BCUT2D eigenvalue weighted by Gasteiger charge is -2.11. The Labute approximate surface area is 123 Å². The van der Waals surface area contributed by atoms with Crippen molar-refractivity contribution in [3.63, 3.8) is 0 Å². The molecule has 0 aromatic heterocycles. The molecule has 100 valence electrons. The fourth-order valence-corrected chi connectivity index (χ4v) is 2.49. The molecule has 0 radical (unpaired) electrons. The Balaban J connectivity index is 1.99. The minimum absolute atomic E-state index is 0.595. The molecular weight excluding hydrogens is 270 g/mol. The minimum atomic E-state index is 0.595. The van der Waals surface area contributed by atoms with Crippen LogP contribution in [0.25, 0.3) is 10.8 Å². The molecule has 0 amide bonds. The maximum absolute atomic E-state index is 6.15. The van der Waals surface area contributed by atoms with Gasteiger partial charge in [0, 0.05) is 16.8 Å². The van der Waals surface area contributed by atoms with E-state index in [4.69, 9.17) is 16.3 Å². The van der Waals surface area contributed by atoms with E-state index in [0.29, 0.717) is 10.8 Å². The Morgan fingerprint density at radius 2 is 1.75 bits per heavy atom. The third-order valence-electron chi connectivity index (χ3n) is 3.22. The number of benzene rings is 3. The summed E-state index contributed by atoms with van der Waals surface area (Å²) < 4.78 is 5.16. The second kappa shape index (κ2) is 5.43. The number of rotatable bonds is 3. The number of anilines is 2.